The van der Waals surface area contributed by atoms with E-state index in [0.717, 1.165) is 21.3 Å². The second-order valence-electron chi connectivity index (χ2n) is 6.22. The van der Waals surface area contributed by atoms with Crippen LogP contribution in [0.15, 0.2) is 60.2 Å². The largest absolute Gasteiger partial charge is 0.310 e. The van der Waals surface area contributed by atoms with Crippen LogP contribution in [0.4, 0.5) is 5.82 Å². The van der Waals surface area contributed by atoms with Gasteiger partial charge in [-0.3, -0.25) is 9.78 Å². The number of pyridine rings is 1. The van der Waals surface area contributed by atoms with E-state index in [1.165, 1.54) is 11.3 Å². The first-order chi connectivity index (χ1) is 13.7. The van der Waals surface area contributed by atoms with Crippen LogP contribution in [0.2, 0.25) is 0 Å². The Balaban J connectivity index is 1.65. The van der Waals surface area contributed by atoms with Crippen LogP contribution in [-0.4, -0.2) is 20.9 Å². The van der Waals surface area contributed by atoms with Crippen molar-refractivity contribution in [1.29, 1.82) is 5.26 Å². The average Bonchev–Trinajstić information content (AvgIpc) is 3.23. The van der Waals surface area contributed by atoms with Crippen LogP contribution in [-0.2, 0) is 4.79 Å². The van der Waals surface area contributed by atoms with Crippen LogP contribution in [0.25, 0.3) is 21.6 Å². The molecular weight excluding hydrogens is 370 g/mol. The normalized spacial score (nSPS) is 11.7. The van der Waals surface area contributed by atoms with Gasteiger partial charge in [-0.15, -0.1) is 11.3 Å². The van der Waals surface area contributed by atoms with E-state index in [1.807, 2.05) is 30.5 Å². The zero-order valence-corrected chi connectivity index (χ0v) is 15.8. The van der Waals surface area contributed by atoms with E-state index in [4.69, 9.17) is 5.26 Å². The predicted molar refractivity (Wildman–Crippen MR) is 109 cm³/mol. The van der Waals surface area contributed by atoms with Crippen molar-refractivity contribution in [3.63, 3.8) is 0 Å². The molecule has 1 aromatic carbocycles. The number of carbonyl (C=O) groups is 1. The summed E-state index contributed by atoms with van der Waals surface area (Å²) in [6, 6.07) is 14.7. The number of nitriles is 1. The van der Waals surface area contributed by atoms with Crippen LogP contribution < -0.4 is 5.32 Å². The van der Waals surface area contributed by atoms with E-state index >= 15 is 0 Å². The third-order valence-electron chi connectivity index (χ3n) is 4.42. The van der Waals surface area contributed by atoms with E-state index in [2.05, 4.69) is 26.3 Å². The maximum atomic E-state index is 12.8. The van der Waals surface area contributed by atoms with Gasteiger partial charge in [-0.2, -0.15) is 5.26 Å². The molecule has 4 aromatic rings. The van der Waals surface area contributed by atoms with Gasteiger partial charge in [-0.05, 0) is 48.2 Å². The van der Waals surface area contributed by atoms with Gasteiger partial charge in [0.2, 0.25) is 5.91 Å². The van der Waals surface area contributed by atoms with Crippen molar-refractivity contribution in [2.24, 2.45) is 0 Å². The molecule has 0 bridgehead atoms. The third-order valence-corrected chi connectivity index (χ3v) is 5.23. The quantitative estimate of drug-likeness (QED) is 0.563. The van der Waals surface area contributed by atoms with Crippen molar-refractivity contribution < 1.29 is 4.79 Å². The highest BCUT2D eigenvalue weighted by atomic mass is 32.1. The first-order valence-corrected chi connectivity index (χ1v) is 9.50. The Bertz CT molecular complexity index is 1180. The zero-order chi connectivity index (χ0) is 19.5. The number of thiophene rings is 1. The van der Waals surface area contributed by atoms with Crippen molar-refractivity contribution >= 4 is 33.3 Å². The van der Waals surface area contributed by atoms with Crippen LogP contribution in [0.3, 0.4) is 0 Å². The van der Waals surface area contributed by atoms with E-state index in [1.54, 1.807) is 36.7 Å². The Kier molecular flexibility index (Phi) is 4.79. The molecule has 1 unspecified atom stereocenters. The second-order valence-corrected chi connectivity index (χ2v) is 7.12. The average molecular weight is 385 g/mol. The van der Waals surface area contributed by atoms with E-state index in [-0.39, 0.29) is 5.91 Å². The van der Waals surface area contributed by atoms with E-state index in [0.29, 0.717) is 17.2 Å². The monoisotopic (exact) mass is 385 g/mol. The summed E-state index contributed by atoms with van der Waals surface area (Å²) in [5.41, 5.74) is 2.18. The molecule has 0 aliphatic rings. The Hall–Kier alpha value is -3.63. The van der Waals surface area contributed by atoms with Crippen molar-refractivity contribution in [2.45, 2.75) is 12.8 Å². The van der Waals surface area contributed by atoms with Crippen molar-refractivity contribution in [3.05, 3.63) is 71.4 Å². The molecule has 1 amide bonds. The van der Waals surface area contributed by atoms with Crippen molar-refractivity contribution in [3.8, 4) is 17.5 Å². The lowest BCUT2D eigenvalue weighted by molar-refractivity contribution is -0.117. The van der Waals surface area contributed by atoms with Crippen molar-refractivity contribution in [1.82, 2.24) is 15.0 Å². The van der Waals surface area contributed by atoms with Gasteiger partial charge in [0.05, 0.1) is 22.9 Å². The molecule has 136 valence electrons. The molecule has 0 aliphatic carbocycles. The smallest absolute Gasteiger partial charge is 0.232 e. The van der Waals surface area contributed by atoms with Gasteiger partial charge in [-0.25, -0.2) is 9.97 Å². The number of anilines is 1. The summed E-state index contributed by atoms with van der Waals surface area (Å²) in [5, 5.41) is 14.6. The molecule has 0 fully saturated rings. The molecule has 7 heteroatoms. The molecular formula is C21H15N5OS. The van der Waals surface area contributed by atoms with Gasteiger partial charge in [0.15, 0.2) is 5.82 Å². The number of benzene rings is 1. The molecule has 0 saturated carbocycles. The third kappa shape index (κ3) is 3.46. The number of hydrogen-bond donors (Lipinski definition) is 1. The lowest BCUT2D eigenvalue weighted by Crippen LogP contribution is -2.20. The van der Waals surface area contributed by atoms with Crippen LogP contribution in [0.1, 0.15) is 24.0 Å². The fourth-order valence-corrected chi connectivity index (χ4v) is 3.56. The fraction of sp³-hybridized carbons (Fsp3) is 0.0952. The van der Waals surface area contributed by atoms with Crippen LogP contribution >= 0.6 is 11.3 Å². The molecule has 4 rings (SSSR count). The Morgan fingerprint density at radius 2 is 2.00 bits per heavy atom. The second kappa shape index (κ2) is 7.55. The number of amides is 1. The SMILES string of the molecule is CC(C(=O)Nc1nc(-c2cccnc2)nc2sccc12)c1ccc(C#N)cc1. The molecule has 6 nitrogen and oxygen atoms in total. The lowest BCUT2D eigenvalue weighted by atomic mass is 9.99. The van der Waals surface area contributed by atoms with Gasteiger partial charge in [0.25, 0.3) is 0 Å². The molecule has 0 saturated heterocycles. The number of aromatic nitrogens is 3. The van der Waals surface area contributed by atoms with E-state index in [9.17, 15) is 4.79 Å². The number of nitrogens with zero attached hydrogens (tertiary/aromatic N) is 4. The molecule has 1 N–H and O–H groups in total. The molecule has 28 heavy (non-hydrogen) atoms. The van der Waals surface area contributed by atoms with Gasteiger partial charge in [-0.1, -0.05) is 12.1 Å². The Labute approximate surface area is 165 Å². The Morgan fingerprint density at radius 3 is 2.71 bits per heavy atom. The standard InChI is InChI=1S/C21H15N5OS/c1-13(15-6-4-14(11-22)5-7-15)20(27)25-19-17-8-10-28-21(17)26-18(24-19)16-3-2-9-23-12-16/h2-10,12-13H,1H3,(H,24,25,26,27). The first-order valence-electron chi connectivity index (χ1n) is 8.62. The highest BCUT2D eigenvalue weighted by Gasteiger charge is 2.19. The molecule has 3 aromatic heterocycles. The van der Waals surface area contributed by atoms with Crippen LogP contribution in [0, 0.1) is 11.3 Å². The van der Waals surface area contributed by atoms with Crippen molar-refractivity contribution in [2.75, 3.05) is 5.32 Å². The van der Waals surface area contributed by atoms with Crippen LogP contribution in [0.5, 0.6) is 0 Å². The summed E-state index contributed by atoms with van der Waals surface area (Å²) < 4.78 is 0. The predicted octanol–water partition coefficient (Wildman–Crippen LogP) is 4.37. The summed E-state index contributed by atoms with van der Waals surface area (Å²) in [4.78, 5) is 26.9. The maximum Gasteiger partial charge on any atom is 0.232 e. The summed E-state index contributed by atoms with van der Waals surface area (Å²) in [6.45, 7) is 1.82. The highest BCUT2D eigenvalue weighted by molar-refractivity contribution is 7.16. The summed E-state index contributed by atoms with van der Waals surface area (Å²) >= 11 is 1.49. The van der Waals surface area contributed by atoms with Gasteiger partial charge < -0.3 is 5.32 Å². The molecule has 0 aliphatic heterocycles. The molecule has 3 heterocycles. The zero-order valence-electron chi connectivity index (χ0n) is 15.0. The van der Waals surface area contributed by atoms with Gasteiger partial charge in [0.1, 0.15) is 10.6 Å². The lowest BCUT2D eigenvalue weighted by Gasteiger charge is -2.13. The molecule has 0 spiro atoms. The number of nitrogens with one attached hydrogen (secondary N) is 1. The summed E-state index contributed by atoms with van der Waals surface area (Å²) in [6.07, 6.45) is 3.38. The van der Waals surface area contributed by atoms with Gasteiger partial charge in [0, 0.05) is 18.0 Å². The number of rotatable bonds is 4. The summed E-state index contributed by atoms with van der Waals surface area (Å²) in [5.74, 6) is 0.436. The fourth-order valence-electron chi connectivity index (χ4n) is 2.80. The van der Waals surface area contributed by atoms with E-state index < -0.39 is 5.92 Å². The molecule has 0 radical (unpaired) electrons. The highest BCUT2D eigenvalue weighted by Crippen LogP contribution is 2.29. The maximum absolute atomic E-state index is 12.8. The summed E-state index contributed by atoms with van der Waals surface area (Å²) in [7, 11) is 0. The molecule has 1 atom stereocenters. The number of hydrogen-bond acceptors (Lipinski definition) is 6. The number of carbonyl (C=O) groups excluding carboxylic acids is 1. The minimum Gasteiger partial charge on any atom is -0.310 e. The minimum atomic E-state index is -0.391. The minimum absolute atomic E-state index is 0.173. The number of fused-ring (bicyclic) bond motifs is 1. The Morgan fingerprint density at radius 1 is 1.18 bits per heavy atom. The van der Waals surface area contributed by atoms with Gasteiger partial charge >= 0.3 is 0 Å². The topological polar surface area (TPSA) is 91.6 Å². The first kappa shape index (κ1) is 17.8.